The molecule has 5 rings (SSSR count). The highest BCUT2D eigenvalue weighted by atomic mass is 35.5. The van der Waals surface area contributed by atoms with Crippen LogP contribution in [0.5, 0.6) is 5.75 Å². The quantitative estimate of drug-likeness (QED) is 0.606. The van der Waals surface area contributed by atoms with E-state index in [0.29, 0.717) is 35.0 Å². The Labute approximate surface area is 195 Å². The molecule has 0 radical (unpaired) electrons. The Morgan fingerprint density at radius 1 is 1.22 bits per heavy atom. The molecule has 2 aliphatic rings. The second kappa shape index (κ2) is 8.30. The van der Waals surface area contributed by atoms with Crippen LogP contribution in [-0.4, -0.2) is 50.2 Å². The summed E-state index contributed by atoms with van der Waals surface area (Å²) in [7, 11) is 1.77. The molecule has 1 aliphatic carbocycles. The lowest BCUT2D eigenvalue weighted by molar-refractivity contribution is 0.0791. The number of fused-ring (bicyclic) bond motifs is 1. The van der Waals surface area contributed by atoms with Gasteiger partial charge in [0.05, 0.1) is 23.5 Å². The van der Waals surface area contributed by atoms with E-state index >= 15 is 4.39 Å². The number of likely N-dealkylation sites (tertiary alicyclic amines) is 1. The molecule has 1 saturated heterocycles. The molecule has 1 fully saturated rings. The van der Waals surface area contributed by atoms with Crippen LogP contribution in [0.15, 0.2) is 30.3 Å². The standard InChI is InChI=1S/C23H23Cl2FN4O2/c1-12-22(29(2)28-27-12)13-3-4-21(19(26)7-13)32-23-17-8-14(24)9-18(25)16(17)10-20(23)30-6-5-15(31)11-30/h3-4,7-9,15,20,23,31H,5-6,10-11H2,1-2H3/t15-,20-,23+/m0/s1. The predicted octanol–water partition coefficient (Wildman–Crippen LogP) is 4.35. The Kier molecular flexibility index (Phi) is 5.61. The van der Waals surface area contributed by atoms with Crippen LogP contribution >= 0.6 is 23.2 Å². The lowest BCUT2D eigenvalue weighted by atomic mass is 10.1. The largest absolute Gasteiger partial charge is 0.481 e. The van der Waals surface area contributed by atoms with E-state index in [4.69, 9.17) is 27.9 Å². The molecule has 2 heterocycles. The van der Waals surface area contributed by atoms with E-state index in [2.05, 4.69) is 15.2 Å². The fraction of sp³-hybridized carbons (Fsp3) is 0.391. The molecule has 6 nitrogen and oxygen atoms in total. The first-order valence-corrected chi connectivity index (χ1v) is 11.3. The number of β-amino-alcohol motifs (C(OH)–C–C–N with tert-alkyl or cyclic N) is 1. The minimum Gasteiger partial charge on any atom is -0.481 e. The summed E-state index contributed by atoms with van der Waals surface area (Å²) in [5, 5.41) is 19.2. The second-order valence-electron chi connectivity index (χ2n) is 8.50. The molecule has 0 saturated carbocycles. The fourth-order valence-corrected chi connectivity index (χ4v) is 5.47. The first-order chi connectivity index (χ1) is 15.3. The highest BCUT2D eigenvalue weighted by molar-refractivity contribution is 6.35. The van der Waals surface area contributed by atoms with E-state index in [1.807, 2.05) is 13.0 Å². The number of ether oxygens (including phenoxy) is 1. The average molecular weight is 477 g/mol. The molecule has 3 atom stereocenters. The molecule has 1 aliphatic heterocycles. The van der Waals surface area contributed by atoms with Crippen molar-refractivity contribution in [1.82, 2.24) is 19.9 Å². The van der Waals surface area contributed by atoms with Crippen LogP contribution in [0.3, 0.4) is 0 Å². The third-order valence-corrected chi connectivity index (χ3v) is 6.94. The summed E-state index contributed by atoms with van der Waals surface area (Å²) in [6, 6.07) is 8.38. The summed E-state index contributed by atoms with van der Waals surface area (Å²) in [6.45, 7) is 3.14. The van der Waals surface area contributed by atoms with Crippen LogP contribution in [0.1, 0.15) is 29.3 Å². The van der Waals surface area contributed by atoms with E-state index < -0.39 is 11.9 Å². The molecule has 0 spiro atoms. The van der Waals surface area contributed by atoms with Gasteiger partial charge >= 0.3 is 0 Å². The van der Waals surface area contributed by atoms with Crippen LogP contribution in [0.2, 0.25) is 10.0 Å². The Morgan fingerprint density at radius 2 is 2.03 bits per heavy atom. The van der Waals surface area contributed by atoms with Crippen LogP contribution in [0.25, 0.3) is 11.3 Å². The van der Waals surface area contributed by atoms with Gasteiger partial charge in [-0.05, 0) is 55.7 Å². The van der Waals surface area contributed by atoms with E-state index in [-0.39, 0.29) is 17.9 Å². The summed E-state index contributed by atoms with van der Waals surface area (Å²) in [5.41, 5.74) is 3.98. The van der Waals surface area contributed by atoms with Gasteiger partial charge in [-0.15, -0.1) is 5.10 Å². The second-order valence-corrected chi connectivity index (χ2v) is 9.34. The molecule has 0 amide bonds. The number of hydrogen-bond donors (Lipinski definition) is 1. The maximum Gasteiger partial charge on any atom is 0.165 e. The van der Waals surface area contributed by atoms with Crippen LogP contribution < -0.4 is 4.74 Å². The lowest BCUT2D eigenvalue weighted by Gasteiger charge is -2.30. The fourth-order valence-electron chi connectivity index (χ4n) is 4.88. The summed E-state index contributed by atoms with van der Waals surface area (Å²) in [4.78, 5) is 2.19. The Hall–Kier alpha value is -2.19. The number of aliphatic hydroxyl groups is 1. The number of benzene rings is 2. The number of aromatic nitrogens is 3. The molecular formula is C23H23Cl2FN4O2. The topological polar surface area (TPSA) is 63.4 Å². The van der Waals surface area contributed by atoms with E-state index in [1.165, 1.54) is 6.07 Å². The van der Waals surface area contributed by atoms with Crippen molar-refractivity contribution in [2.45, 2.75) is 38.0 Å². The maximum atomic E-state index is 15.2. The predicted molar refractivity (Wildman–Crippen MR) is 121 cm³/mol. The van der Waals surface area contributed by atoms with Crippen molar-refractivity contribution in [3.05, 3.63) is 63.0 Å². The van der Waals surface area contributed by atoms with Crippen LogP contribution in [0.4, 0.5) is 4.39 Å². The van der Waals surface area contributed by atoms with Gasteiger partial charge in [-0.1, -0.05) is 28.4 Å². The number of rotatable bonds is 4. The Bertz CT molecular complexity index is 1170. The molecule has 1 N–H and O–H groups in total. The molecule has 1 aromatic heterocycles. The van der Waals surface area contributed by atoms with E-state index in [1.54, 1.807) is 29.9 Å². The monoisotopic (exact) mass is 476 g/mol. The van der Waals surface area contributed by atoms with Gasteiger partial charge in [0, 0.05) is 41.3 Å². The van der Waals surface area contributed by atoms with Crippen molar-refractivity contribution in [3.63, 3.8) is 0 Å². The maximum absolute atomic E-state index is 15.2. The molecule has 3 aromatic rings. The molecule has 9 heteroatoms. The molecule has 168 valence electrons. The normalized spacial score (nSPS) is 23.0. The van der Waals surface area contributed by atoms with Crippen LogP contribution in [0, 0.1) is 12.7 Å². The van der Waals surface area contributed by atoms with Crippen molar-refractivity contribution >= 4 is 23.2 Å². The Morgan fingerprint density at radius 3 is 2.69 bits per heavy atom. The van der Waals surface area contributed by atoms with Gasteiger partial charge in [0.2, 0.25) is 0 Å². The number of halogens is 3. The van der Waals surface area contributed by atoms with Crippen molar-refractivity contribution < 1.29 is 14.2 Å². The number of hydrogen-bond acceptors (Lipinski definition) is 5. The molecule has 2 aromatic carbocycles. The highest BCUT2D eigenvalue weighted by Gasteiger charge is 2.42. The van der Waals surface area contributed by atoms with Crippen molar-refractivity contribution in [2.24, 2.45) is 7.05 Å². The molecular weight excluding hydrogens is 454 g/mol. The number of aliphatic hydroxyl groups excluding tert-OH is 1. The zero-order valence-corrected chi connectivity index (χ0v) is 19.2. The SMILES string of the molecule is Cc1nnn(C)c1-c1ccc(O[C@@H]2c3cc(Cl)cc(Cl)c3C[C@@H]2N2CC[C@H](O)C2)c(F)c1. The number of aryl methyl sites for hydroxylation is 2. The lowest BCUT2D eigenvalue weighted by Crippen LogP contribution is -2.39. The minimum atomic E-state index is -0.468. The van der Waals surface area contributed by atoms with Gasteiger partial charge in [0.25, 0.3) is 0 Å². The summed E-state index contributed by atoms with van der Waals surface area (Å²) >= 11 is 12.8. The molecule has 0 unspecified atom stereocenters. The van der Waals surface area contributed by atoms with Crippen molar-refractivity contribution in [1.29, 1.82) is 0 Å². The zero-order chi connectivity index (χ0) is 22.6. The summed E-state index contributed by atoms with van der Waals surface area (Å²) in [6.07, 6.45) is 0.537. The highest BCUT2D eigenvalue weighted by Crippen LogP contribution is 2.44. The zero-order valence-electron chi connectivity index (χ0n) is 17.7. The first kappa shape index (κ1) is 21.6. The first-order valence-electron chi connectivity index (χ1n) is 10.5. The third-order valence-electron chi connectivity index (χ3n) is 6.38. The van der Waals surface area contributed by atoms with Gasteiger partial charge in [-0.2, -0.15) is 0 Å². The van der Waals surface area contributed by atoms with E-state index in [9.17, 15) is 5.11 Å². The third kappa shape index (κ3) is 3.77. The molecule has 0 bridgehead atoms. The van der Waals surface area contributed by atoms with Gasteiger partial charge in [0.1, 0.15) is 6.10 Å². The summed E-state index contributed by atoms with van der Waals surface area (Å²) in [5.74, 6) is -0.315. The van der Waals surface area contributed by atoms with Gasteiger partial charge in [-0.25, -0.2) is 9.07 Å². The number of nitrogens with zero attached hydrogens (tertiary/aromatic N) is 4. The van der Waals surface area contributed by atoms with Crippen LogP contribution in [-0.2, 0) is 13.5 Å². The average Bonchev–Trinajstić information content (AvgIpc) is 3.41. The smallest absolute Gasteiger partial charge is 0.165 e. The van der Waals surface area contributed by atoms with Crippen molar-refractivity contribution in [2.75, 3.05) is 13.1 Å². The molecule has 32 heavy (non-hydrogen) atoms. The van der Waals surface area contributed by atoms with Gasteiger partial charge in [-0.3, -0.25) is 4.90 Å². The summed E-state index contributed by atoms with van der Waals surface area (Å²) < 4.78 is 23.1. The minimum absolute atomic E-state index is 0.0688. The van der Waals surface area contributed by atoms with Gasteiger partial charge in [0.15, 0.2) is 11.6 Å². The Balaban J connectivity index is 1.50. The van der Waals surface area contributed by atoms with Crippen molar-refractivity contribution in [3.8, 4) is 17.0 Å². The van der Waals surface area contributed by atoms with Gasteiger partial charge < -0.3 is 9.84 Å². The van der Waals surface area contributed by atoms with E-state index in [0.717, 1.165) is 29.1 Å².